The highest BCUT2D eigenvalue weighted by Crippen LogP contribution is 2.31. The van der Waals surface area contributed by atoms with Crippen LogP contribution in [0.25, 0.3) is 0 Å². The molecule has 0 bridgehead atoms. The van der Waals surface area contributed by atoms with E-state index in [1.54, 1.807) is 36.7 Å². The summed E-state index contributed by atoms with van der Waals surface area (Å²) >= 11 is 0. The molecule has 4 rings (SSSR count). The number of carbonyl (C=O) groups excluding carboxylic acids is 3. The van der Waals surface area contributed by atoms with Crippen LogP contribution in [0.3, 0.4) is 0 Å². The lowest BCUT2D eigenvalue weighted by atomic mass is 9.87. The van der Waals surface area contributed by atoms with Crippen molar-refractivity contribution in [3.05, 3.63) is 95.6 Å². The molecule has 2 aromatic carbocycles. The Morgan fingerprint density at radius 2 is 1.89 bits per heavy atom. The maximum atomic E-state index is 13.9. The second kappa shape index (κ2) is 11.5. The lowest BCUT2D eigenvalue weighted by Crippen LogP contribution is -2.51. The van der Waals surface area contributed by atoms with Gasteiger partial charge in [-0.25, -0.2) is 9.82 Å². The molecule has 1 aromatic heterocycles. The van der Waals surface area contributed by atoms with Gasteiger partial charge in [0.05, 0.1) is 6.42 Å². The van der Waals surface area contributed by atoms with Gasteiger partial charge in [-0.15, -0.1) is 0 Å². The first-order valence-corrected chi connectivity index (χ1v) is 12.5. The third-order valence-electron chi connectivity index (χ3n) is 6.43. The van der Waals surface area contributed by atoms with Gasteiger partial charge in [0.2, 0.25) is 17.7 Å². The van der Waals surface area contributed by atoms with Crippen LogP contribution in [0, 0.1) is 5.82 Å². The molecule has 9 heteroatoms. The van der Waals surface area contributed by atoms with Crippen LogP contribution in [0.4, 0.5) is 10.1 Å². The number of rotatable bonds is 8. The molecule has 1 fully saturated rings. The molecule has 198 valence electrons. The summed E-state index contributed by atoms with van der Waals surface area (Å²) in [5.74, 6) is -1.49. The van der Waals surface area contributed by atoms with Crippen LogP contribution in [-0.4, -0.2) is 35.3 Å². The third-order valence-corrected chi connectivity index (χ3v) is 6.43. The first-order chi connectivity index (χ1) is 18.1. The van der Waals surface area contributed by atoms with Gasteiger partial charge in [-0.05, 0) is 53.3 Å². The molecule has 1 aliphatic heterocycles. The Morgan fingerprint density at radius 3 is 2.50 bits per heavy atom. The minimum absolute atomic E-state index is 0.0453. The van der Waals surface area contributed by atoms with Crippen molar-refractivity contribution < 1.29 is 18.8 Å². The van der Waals surface area contributed by atoms with Crippen LogP contribution in [0.5, 0.6) is 0 Å². The van der Waals surface area contributed by atoms with Crippen molar-refractivity contribution in [2.75, 3.05) is 11.4 Å². The summed E-state index contributed by atoms with van der Waals surface area (Å²) < 4.78 is 13.6. The number of amides is 3. The highest BCUT2D eigenvalue weighted by molar-refractivity contribution is 6.05. The fraction of sp³-hybridized carbons (Fsp3) is 0.310. The quantitative estimate of drug-likeness (QED) is 0.425. The summed E-state index contributed by atoms with van der Waals surface area (Å²) in [6.45, 7) is 6.52. The van der Waals surface area contributed by atoms with E-state index in [9.17, 15) is 18.8 Å². The van der Waals surface area contributed by atoms with E-state index in [-0.39, 0.29) is 30.1 Å². The summed E-state index contributed by atoms with van der Waals surface area (Å²) in [7, 11) is 0. The molecule has 1 aliphatic rings. The summed E-state index contributed by atoms with van der Waals surface area (Å²) in [6.07, 6.45) is 3.51. The van der Waals surface area contributed by atoms with Crippen molar-refractivity contribution in [3.8, 4) is 0 Å². The molecule has 2 heterocycles. The number of nitrogens with zero attached hydrogens (tertiary/aromatic N) is 2. The number of hydrogen-bond donors (Lipinski definition) is 3. The molecule has 0 saturated carbocycles. The van der Waals surface area contributed by atoms with Gasteiger partial charge in [-0.1, -0.05) is 51.1 Å². The van der Waals surface area contributed by atoms with Crippen molar-refractivity contribution in [2.45, 2.75) is 51.1 Å². The number of hydrogen-bond acceptors (Lipinski definition) is 5. The van der Waals surface area contributed by atoms with Crippen LogP contribution < -0.4 is 21.1 Å². The minimum atomic E-state index is -1.05. The molecule has 0 radical (unpaired) electrons. The normalized spacial score (nSPS) is 16.0. The Morgan fingerprint density at radius 1 is 1.13 bits per heavy atom. The van der Waals surface area contributed by atoms with Crippen LogP contribution in [-0.2, 0) is 26.2 Å². The predicted molar refractivity (Wildman–Crippen MR) is 142 cm³/mol. The number of aromatic nitrogens is 1. The Bertz CT molecular complexity index is 1290. The van der Waals surface area contributed by atoms with Gasteiger partial charge in [0.1, 0.15) is 17.9 Å². The maximum absolute atomic E-state index is 13.9. The minimum Gasteiger partial charge on any atom is -0.354 e. The van der Waals surface area contributed by atoms with Crippen molar-refractivity contribution >= 4 is 23.4 Å². The highest BCUT2D eigenvalue weighted by Gasteiger charge is 2.39. The van der Waals surface area contributed by atoms with E-state index in [0.29, 0.717) is 17.7 Å². The van der Waals surface area contributed by atoms with E-state index in [4.69, 9.17) is 0 Å². The number of carbonyl (C=O) groups is 3. The van der Waals surface area contributed by atoms with Crippen molar-refractivity contribution in [2.24, 2.45) is 0 Å². The number of benzene rings is 2. The summed E-state index contributed by atoms with van der Waals surface area (Å²) in [5.41, 5.74) is 7.94. The standard InChI is InChI=1S/C29H32FN5O3/c1-29(2,3)21-9-11-23(12-10-21)35(28(38)24-17-25(36)34-33-24)26(20-7-5-14-31-18-20)27(37)32-15-13-19-6-4-8-22(30)16-19/h4-12,14,16,18,24,26,33H,13,15,17H2,1-3H3,(H,32,37)(H,34,36). The van der Waals surface area contributed by atoms with Gasteiger partial charge < -0.3 is 5.32 Å². The second-order valence-electron chi connectivity index (χ2n) is 10.3. The Hall–Kier alpha value is -4.11. The molecular weight excluding hydrogens is 485 g/mol. The molecule has 38 heavy (non-hydrogen) atoms. The molecule has 3 N–H and O–H groups in total. The van der Waals surface area contributed by atoms with Crippen LogP contribution in [0.2, 0.25) is 0 Å². The smallest absolute Gasteiger partial charge is 0.247 e. The topological polar surface area (TPSA) is 103 Å². The fourth-order valence-electron chi connectivity index (χ4n) is 4.37. The van der Waals surface area contributed by atoms with Crippen molar-refractivity contribution in [3.63, 3.8) is 0 Å². The molecule has 2 unspecified atom stereocenters. The number of hydrazine groups is 1. The zero-order chi connectivity index (χ0) is 27.3. The van der Waals surface area contributed by atoms with E-state index in [2.05, 4.69) is 41.9 Å². The number of halogens is 1. The number of anilines is 1. The predicted octanol–water partition coefficient (Wildman–Crippen LogP) is 3.34. The van der Waals surface area contributed by atoms with Gasteiger partial charge in [0.15, 0.2) is 0 Å². The molecule has 3 amide bonds. The highest BCUT2D eigenvalue weighted by atomic mass is 19.1. The first kappa shape index (κ1) is 26.9. The van der Waals surface area contributed by atoms with Crippen LogP contribution in [0.15, 0.2) is 73.1 Å². The number of nitrogens with one attached hydrogen (secondary N) is 3. The van der Waals surface area contributed by atoms with Gasteiger partial charge in [-0.2, -0.15) is 0 Å². The third kappa shape index (κ3) is 6.41. The van der Waals surface area contributed by atoms with Crippen molar-refractivity contribution in [1.29, 1.82) is 0 Å². The fourth-order valence-corrected chi connectivity index (χ4v) is 4.37. The lowest BCUT2D eigenvalue weighted by Gasteiger charge is -2.33. The molecular formula is C29H32FN5O3. The van der Waals surface area contributed by atoms with E-state index in [0.717, 1.165) is 11.1 Å². The van der Waals surface area contributed by atoms with Crippen molar-refractivity contribution in [1.82, 2.24) is 21.2 Å². The molecule has 1 saturated heterocycles. The second-order valence-corrected chi connectivity index (χ2v) is 10.3. The van der Waals surface area contributed by atoms with E-state index in [1.165, 1.54) is 17.0 Å². The molecule has 3 aromatic rings. The summed E-state index contributed by atoms with van der Waals surface area (Å²) in [4.78, 5) is 45.0. The monoisotopic (exact) mass is 517 g/mol. The molecule has 0 aliphatic carbocycles. The molecule has 8 nitrogen and oxygen atoms in total. The van der Waals surface area contributed by atoms with Crippen LogP contribution >= 0.6 is 0 Å². The molecule has 2 atom stereocenters. The Labute approximate surface area is 221 Å². The zero-order valence-corrected chi connectivity index (χ0v) is 21.7. The largest absolute Gasteiger partial charge is 0.354 e. The van der Waals surface area contributed by atoms with E-state index < -0.39 is 23.9 Å². The summed E-state index contributed by atoms with van der Waals surface area (Å²) in [5, 5.41) is 2.90. The van der Waals surface area contributed by atoms with E-state index in [1.807, 2.05) is 24.3 Å². The maximum Gasteiger partial charge on any atom is 0.247 e. The zero-order valence-electron chi connectivity index (χ0n) is 21.7. The van der Waals surface area contributed by atoms with Gasteiger partial charge >= 0.3 is 0 Å². The van der Waals surface area contributed by atoms with E-state index >= 15 is 0 Å². The SMILES string of the molecule is CC(C)(C)c1ccc(N(C(=O)C2CC(=O)NN2)C(C(=O)NCCc2cccc(F)c2)c2cccnc2)cc1. The summed E-state index contributed by atoms with van der Waals surface area (Å²) in [6, 6.07) is 15.2. The average molecular weight is 518 g/mol. The van der Waals surface area contributed by atoms with Gasteiger partial charge in [0, 0.05) is 30.2 Å². The van der Waals surface area contributed by atoms with Gasteiger partial charge in [-0.3, -0.25) is 29.7 Å². The molecule has 0 spiro atoms. The lowest BCUT2D eigenvalue weighted by molar-refractivity contribution is -0.127. The Balaban J connectivity index is 1.68. The Kier molecular flexibility index (Phi) is 8.16. The van der Waals surface area contributed by atoms with Gasteiger partial charge in [0.25, 0.3) is 0 Å². The van der Waals surface area contributed by atoms with Crippen LogP contribution in [0.1, 0.15) is 49.9 Å². The average Bonchev–Trinajstić information content (AvgIpc) is 3.33. The first-order valence-electron chi connectivity index (χ1n) is 12.5. The number of pyridine rings is 1.